The normalized spacial score (nSPS) is 12.1. The highest BCUT2D eigenvalue weighted by Gasteiger charge is 2.14. The van der Waals surface area contributed by atoms with Gasteiger partial charge in [-0.15, -0.1) is 0 Å². The SMILES string of the molecule is Cc1nc(N[C@@H](C)c2cccc(-c3cncc(F)c3)c2)cc(-c2cc(F)c3occ(C)c3c2)n1. The van der Waals surface area contributed by atoms with Gasteiger partial charge in [-0.1, -0.05) is 18.2 Å². The summed E-state index contributed by atoms with van der Waals surface area (Å²) in [5.74, 6) is 0.384. The molecular formula is C27H22F2N4O. The molecule has 5 nitrogen and oxygen atoms in total. The Morgan fingerprint density at radius 1 is 0.912 bits per heavy atom. The molecule has 0 aliphatic heterocycles. The molecule has 0 aliphatic rings. The molecule has 34 heavy (non-hydrogen) atoms. The first-order valence-corrected chi connectivity index (χ1v) is 10.9. The molecule has 1 atom stereocenters. The predicted molar refractivity (Wildman–Crippen MR) is 128 cm³/mol. The number of halogens is 2. The fraction of sp³-hybridized carbons (Fsp3) is 0.148. The van der Waals surface area contributed by atoms with Gasteiger partial charge in [-0.05, 0) is 61.7 Å². The average Bonchev–Trinajstić information content (AvgIpc) is 3.20. The first-order chi connectivity index (χ1) is 16.4. The van der Waals surface area contributed by atoms with Gasteiger partial charge in [-0.2, -0.15) is 0 Å². The summed E-state index contributed by atoms with van der Waals surface area (Å²) in [5.41, 5.74) is 4.95. The fourth-order valence-corrected chi connectivity index (χ4v) is 4.02. The molecule has 5 aromatic rings. The molecule has 7 heteroatoms. The highest BCUT2D eigenvalue weighted by atomic mass is 19.1. The number of furan rings is 1. The zero-order valence-corrected chi connectivity index (χ0v) is 18.9. The van der Waals surface area contributed by atoms with E-state index in [1.165, 1.54) is 18.3 Å². The second-order valence-corrected chi connectivity index (χ2v) is 8.32. The van der Waals surface area contributed by atoms with E-state index in [0.717, 1.165) is 22.1 Å². The van der Waals surface area contributed by atoms with Gasteiger partial charge in [0.25, 0.3) is 0 Å². The second-order valence-electron chi connectivity index (χ2n) is 8.32. The molecule has 3 aromatic heterocycles. The van der Waals surface area contributed by atoms with Crippen LogP contribution in [0.5, 0.6) is 0 Å². The quantitative estimate of drug-likeness (QED) is 0.308. The van der Waals surface area contributed by atoms with Gasteiger partial charge in [0.05, 0.1) is 18.2 Å². The van der Waals surface area contributed by atoms with Crippen LogP contribution in [0.15, 0.2) is 71.6 Å². The maximum atomic E-state index is 14.6. The van der Waals surface area contributed by atoms with E-state index in [1.54, 1.807) is 25.5 Å². The minimum atomic E-state index is -0.427. The second kappa shape index (κ2) is 8.67. The molecule has 0 fully saturated rings. The first kappa shape index (κ1) is 21.7. The molecule has 0 bridgehead atoms. The maximum absolute atomic E-state index is 14.6. The Balaban J connectivity index is 1.45. The van der Waals surface area contributed by atoms with Gasteiger partial charge >= 0.3 is 0 Å². The summed E-state index contributed by atoms with van der Waals surface area (Å²) in [7, 11) is 0. The highest BCUT2D eigenvalue weighted by molar-refractivity contribution is 5.86. The summed E-state index contributed by atoms with van der Waals surface area (Å²) in [6.45, 7) is 5.69. The van der Waals surface area contributed by atoms with Crippen molar-refractivity contribution in [2.75, 3.05) is 5.32 Å². The molecule has 0 radical (unpaired) electrons. The lowest BCUT2D eigenvalue weighted by Crippen LogP contribution is -2.09. The number of hydrogen-bond donors (Lipinski definition) is 1. The minimum absolute atomic E-state index is 0.0982. The van der Waals surface area contributed by atoms with Crippen LogP contribution < -0.4 is 5.32 Å². The number of benzene rings is 2. The third-order valence-corrected chi connectivity index (χ3v) is 5.74. The van der Waals surface area contributed by atoms with Gasteiger partial charge in [0.15, 0.2) is 11.4 Å². The van der Waals surface area contributed by atoms with Crippen LogP contribution in [-0.2, 0) is 0 Å². The van der Waals surface area contributed by atoms with Gasteiger partial charge in [0.2, 0.25) is 0 Å². The van der Waals surface area contributed by atoms with Crippen LogP contribution in [0.25, 0.3) is 33.4 Å². The number of pyridine rings is 1. The molecule has 0 saturated heterocycles. The van der Waals surface area contributed by atoms with Crippen molar-refractivity contribution < 1.29 is 13.2 Å². The number of nitrogens with one attached hydrogen (secondary N) is 1. The number of anilines is 1. The molecule has 0 aliphatic carbocycles. The third kappa shape index (κ3) is 4.24. The van der Waals surface area contributed by atoms with E-state index >= 15 is 0 Å². The summed E-state index contributed by atoms with van der Waals surface area (Å²) < 4.78 is 33.5. The van der Waals surface area contributed by atoms with Crippen molar-refractivity contribution >= 4 is 16.8 Å². The lowest BCUT2D eigenvalue weighted by Gasteiger charge is -2.17. The Hall–Kier alpha value is -4.13. The molecule has 2 aromatic carbocycles. The predicted octanol–water partition coefficient (Wildman–Crippen LogP) is 7.02. The van der Waals surface area contributed by atoms with E-state index in [9.17, 15) is 8.78 Å². The van der Waals surface area contributed by atoms with Crippen LogP contribution >= 0.6 is 0 Å². The Morgan fingerprint density at radius 2 is 1.76 bits per heavy atom. The van der Waals surface area contributed by atoms with Crippen molar-refractivity contribution in [3.05, 3.63) is 95.8 Å². The highest BCUT2D eigenvalue weighted by Crippen LogP contribution is 2.31. The van der Waals surface area contributed by atoms with Gasteiger partial charge in [-0.25, -0.2) is 18.7 Å². The van der Waals surface area contributed by atoms with E-state index in [0.29, 0.717) is 28.5 Å². The summed E-state index contributed by atoms with van der Waals surface area (Å²) >= 11 is 0. The van der Waals surface area contributed by atoms with E-state index in [4.69, 9.17) is 4.42 Å². The van der Waals surface area contributed by atoms with Crippen molar-refractivity contribution in [3.63, 3.8) is 0 Å². The van der Waals surface area contributed by atoms with Crippen LogP contribution in [0.2, 0.25) is 0 Å². The topological polar surface area (TPSA) is 63.8 Å². The van der Waals surface area contributed by atoms with Gasteiger partial charge < -0.3 is 9.73 Å². The summed E-state index contributed by atoms with van der Waals surface area (Å²) in [6.07, 6.45) is 4.37. The molecule has 0 saturated carbocycles. The average molecular weight is 456 g/mol. The molecule has 170 valence electrons. The van der Waals surface area contributed by atoms with Crippen molar-refractivity contribution in [3.8, 4) is 22.4 Å². The van der Waals surface area contributed by atoms with E-state index in [-0.39, 0.29) is 17.4 Å². The standard InChI is InChI=1S/C27H22F2N4O/c1-15-14-34-27-23(15)9-20(10-24(27)29)25-11-26(33-17(3)32-25)31-16(2)18-5-4-6-19(7-18)21-8-22(28)13-30-12-21/h4-14,16H,1-3H3,(H,31,32,33)/t16-/m0/s1. The zero-order chi connectivity index (χ0) is 23.8. The van der Waals surface area contributed by atoms with Crippen LogP contribution in [-0.4, -0.2) is 15.0 Å². The number of fused-ring (bicyclic) bond motifs is 1. The Bertz CT molecular complexity index is 1510. The maximum Gasteiger partial charge on any atom is 0.169 e. The smallest absolute Gasteiger partial charge is 0.169 e. The molecule has 5 rings (SSSR count). The number of rotatable bonds is 5. The first-order valence-electron chi connectivity index (χ1n) is 10.9. The molecule has 0 unspecified atom stereocenters. The van der Waals surface area contributed by atoms with E-state index in [2.05, 4.69) is 20.3 Å². The van der Waals surface area contributed by atoms with E-state index in [1.807, 2.05) is 44.2 Å². The number of nitrogens with zero attached hydrogens (tertiary/aromatic N) is 3. The molecule has 1 N–H and O–H groups in total. The number of aryl methyl sites for hydroxylation is 2. The summed E-state index contributed by atoms with van der Waals surface area (Å²) in [6, 6.07) is 14.3. The molecular weight excluding hydrogens is 434 g/mol. The zero-order valence-electron chi connectivity index (χ0n) is 18.9. The van der Waals surface area contributed by atoms with Crippen LogP contribution in [0.3, 0.4) is 0 Å². The van der Waals surface area contributed by atoms with Crippen molar-refractivity contribution in [2.24, 2.45) is 0 Å². The van der Waals surface area contributed by atoms with Crippen molar-refractivity contribution in [1.82, 2.24) is 15.0 Å². The fourth-order valence-electron chi connectivity index (χ4n) is 4.02. The van der Waals surface area contributed by atoms with Crippen molar-refractivity contribution in [1.29, 1.82) is 0 Å². The van der Waals surface area contributed by atoms with Gasteiger partial charge in [-0.3, -0.25) is 4.98 Å². The van der Waals surface area contributed by atoms with Crippen molar-refractivity contribution in [2.45, 2.75) is 26.8 Å². The Kier molecular flexibility index (Phi) is 5.53. The Morgan fingerprint density at radius 3 is 2.59 bits per heavy atom. The van der Waals surface area contributed by atoms with Crippen LogP contribution in [0.4, 0.5) is 14.6 Å². The number of hydrogen-bond acceptors (Lipinski definition) is 5. The third-order valence-electron chi connectivity index (χ3n) is 5.74. The van der Waals surface area contributed by atoms with E-state index < -0.39 is 5.82 Å². The monoisotopic (exact) mass is 456 g/mol. The summed E-state index contributed by atoms with van der Waals surface area (Å²) in [4.78, 5) is 13.0. The Labute approximate surface area is 195 Å². The van der Waals surface area contributed by atoms with Crippen LogP contribution in [0.1, 0.15) is 29.9 Å². The van der Waals surface area contributed by atoms with Crippen LogP contribution in [0, 0.1) is 25.5 Å². The lowest BCUT2D eigenvalue weighted by molar-refractivity contribution is 0.559. The molecule has 0 spiro atoms. The number of aromatic nitrogens is 3. The summed E-state index contributed by atoms with van der Waals surface area (Å²) in [5, 5.41) is 4.12. The largest absolute Gasteiger partial charge is 0.461 e. The van der Waals surface area contributed by atoms with Gasteiger partial charge in [0.1, 0.15) is 17.5 Å². The lowest BCUT2D eigenvalue weighted by atomic mass is 10.0. The van der Waals surface area contributed by atoms with Gasteiger partial charge in [0, 0.05) is 34.8 Å². The minimum Gasteiger partial charge on any atom is -0.461 e. The molecule has 0 amide bonds. The molecule has 3 heterocycles.